The molecule has 1 aromatic heterocycles. The number of aromatic nitrogens is 3. The number of Topliss-reactive ketones (excluding diaryl/α,β-unsaturated/α-hetero) is 1. The number of carbonyl (C=O) groups excluding carboxylic acids is 1. The van der Waals surface area contributed by atoms with Crippen LogP contribution in [0.4, 0.5) is 0 Å². The van der Waals surface area contributed by atoms with Gasteiger partial charge in [0.2, 0.25) is 0 Å². The highest BCUT2D eigenvalue weighted by Crippen LogP contribution is 2.27. The van der Waals surface area contributed by atoms with Gasteiger partial charge in [-0.1, -0.05) is 53.7 Å². The molecule has 0 saturated carbocycles. The average molecular weight is 374 g/mol. The summed E-state index contributed by atoms with van der Waals surface area (Å²) in [5.74, 6) is 1.54. The van der Waals surface area contributed by atoms with Crippen LogP contribution in [0.15, 0.2) is 53.7 Å². The van der Waals surface area contributed by atoms with Crippen molar-refractivity contribution in [1.82, 2.24) is 14.8 Å². The molecule has 0 bridgehead atoms. The first kappa shape index (κ1) is 17.5. The van der Waals surface area contributed by atoms with Gasteiger partial charge in [-0.3, -0.25) is 4.79 Å². The molecule has 0 aliphatic carbocycles. The van der Waals surface area contributed by atoms with Crippen molar-refractivity contribution >= 4 is 29.1 Å². The number of methoxy groups -OCH3 is 1. The van der Waals surface area contributed by atoms with Gasteiger partial charge in [0.15, 0.2) is 16.8 Å². The van der Waals surface area contributed by atoms with Crippen molar-refractivity contribution in [3.63, 3.8) is 0 Å². The molecule has 0 amide bonds. The first-order valence-electron chi connectivity index (χ1n) is 7.54. The molecule has 0 radical (unpaired) electrons. The zero-order valence-electron chi connectivity index (χ0n) is 13.8. The van der Waals surface area contributed by atoms with Crippen molar-refractivity contribution in [3.8, 4) is 17.1 Å². The topological polar surface area (TPSA) is 57.0 Å². The Labute approximate surface area is 155 Å². The molecular formula is C18H16ClN3O2S. The van der Waals surface area contributed by atoms with Gasteiger partial charge in [-0.25, -0.2) is 0 Å². The Kier molecular flexibility index (Phi) is 5.40. The van der Waals surface area contributed by atoms with Gasteiger partial charge >= 0.3 is 0 Å². The summed E-state index contributed by atoms with van der Waals surface area (Å²) in [4.78, 5) is 12.4. The SMILES string of the molecule is COc1ccc(C(=O)CSc2nnc(-c3ccccc3)n2C)cc1Cl. The first-order chi connectivity index (χ1) is 12.1. The van der Waals surface area contributed by atoms with E-state index in [0.717, 1.165) is 11.4 Å². The zero-order chi connectivity index (χ0) is 17.8. The van der Waals surface area contributed by atoms with E-state index < -0.39 is 0 Å². The number of carbonyl (C=O) groups is 1. The minimum absolute atomic E-state index is 0.0289. The van der Waals surface area contributed by atoms with Crippen LogP contribution in [-0.4, -0.2) is 33.4 Å². The van der Waals surface area contributed by atoms with Gasteiger partial charge < -0.3 is 9.30 Å². The zero-order valence-corrected chi connectivity index (χ0v) is 15.3. The van der Waals surface area contributed by atoms with Crippen LogP contribution in [0.1, 0.15) is 10.4 Å². The third-order valence-corrected chi connectivity index (χ3v) is 4.99. The van der Waals surface area contributed by atoms with Crippen molar-refractivity contribution in [2.45, 2.75) is 5.16 Å². The van der Waals surface area contributed by atoms with E-state index >= 15 is 0 Å². The molecule has 0 aliphatic heterocycles. The molecule has 25 heavy (non-hydrogen) atoms. The Balaban J connectivity index is 1.71. The number of rotatable bonds is 6. The van der Waals surface area contributed by atoms with E-state index in [-0.39, 0.29) is 11.5 Å². The molecule has 0 atom stereocenters. The Bertz CT molecular complexity index is 897. The largest absolute Gasteiger partial charge is 0.495 e. The molecule has 3 rings (SSSR count). The van der Waals surface area contributed by atoms with Gasteiger partial charge in [0.25, 0.3) is 0 Å². The van der Waals surface area contributed by atoms with Gasteiger partial charge in [-0.2, -0.15) is 0 Å². The minimum atomic E-state index is -0.0289. The predicted octanol–water partition coefficient (Wildman–Crippen LogP) is 4.12. The highest BCUT2D eigenvalue weighted by Gasteiger charge is 2.14. The standard InChI is InChI=1S/C18H16ClN3O2S/c1-22-17(12-6-4-3-5-7-12)20-21-18(22)25-11-15(23)13-8-9-16(24-2)14(19)10-13/h3-10H,11H2,1-2H3. The molecule has 0 spiro atoms. The van der Waals surface area contributed by atoms with Crippen LogP contribution in [0.25, 0.3) is 11.4 Å². The molecular weight excluding hydrogens is 358 g/mol. The lowest BCUT2D eigenvalue weighted by molar-refractivity contribution is 0.102. The maximum atomic E-state index is 12.4. The second kappa shape index (κ2) is 7.72. The summed E-state index contributed by atoms with van der Waals surface area (Å²) in [7, 11) is 3.43. The quantitative estimate of drug-likeness (QED) is 0.480. The summed E-state index contributed by atoms with van der Waals surface area (Å²) in [6.07, 6.45) is 0. The van der Waals surface area contributed by atoms with Crippen molar-refractivity contribution in [1.29, 1.82) is 0 Å². The van der Waals surface area contributed by atoms with Crippen LogP contribution < -0.4 is 4.74 Å². The van der Waals surface area contributed by atoms with E-state index in [1.165, 1.54) is 18.9 Å². The molecule has 0 unspecified atom stereocenters. The van der Waals surface area contributed by atoms with Gasteiger partial charge in [0.1, 0.15) is 5.75 Å². The predicted molar refractivity (Wildman–Crippen MR) is 99.5 cm³/mol. The average Bonchev–Trinajstić information content (AvgIpc) is 3.01. The minimum Gasteiger partial charge on any atom is -0.495 e. The molecule has 1 heterocycles. The third-order valence-electron chi connectivity index (χ3n) is 3.67. The summed E-state index contributed by atoms with van der Waals surface area (Å²) in [5, 5.41) is 9.50. The van der Waals surface area contributed by atoms with Crippen LogP contribution in [0, 0.1) is 0 Å². The Morgan fingerprint density at radius 1 is 1.20 bits per heavy atom. The van der Waals surface area contributed by atoms with Crippen molar-refractivity contribution in [3.05, 3.63) is 59.1 Å². The number of nitrogens with zero attached hydrogens (tertiary/aromatic N) is 3. The van der Waals surface area contributed by atoms with Crippen molar-refractivity contribution in [2.75, 3.05) is 12.9 Å². The molecule has 3 aromatic rings. The first-order valence-corrected chi connectivity index (χ1v) is 8.91. The van der Waals surface area contributed by atoms with E-state index in [2.05, 4.69) is 10.2 Å². The number of thioether (sulfide) groups is 1. The van der Waals surface area contributed by atoms with E-state index in [9.17, 15) is 4.79 Å². The van der Waals surface area contributed by atoms with Crippen LogP contribution >= 0.6 is 23.4 Å². The molecule has 0 fully saturated rings. The Morgan fingerprint density at radius 3 is 2.64 bits per heavy atom. The lowest BCUT2D eigenvalue weighted by Crippen LogP contribution is -2.04. The molecule has 5 nitrogen and oxygen atoms in total. The number of ketones is 1. The van der Waals surface area contributed by atoms with Gasteiger partial charge in [0.05, 0.1) is 17.9 Å². The van der Waals surface area contributed by atoms with Gasteiger partial charge in [0, 0.05) is 18.2 Å². The van der Waals surface area contributed by atoms with Crippen LogP contribution in [0.2, 0.25) is 5.02 Å². The van der Waals surface area contributed by atoms with Crippen LogP contribution in [0.5, 0.6) is 5.75 Å². The van der Waals surface area contributed by atoms with Crippen LogP contribution in [0.3, 0.4) is 0 Å². The summed E-state index contributed by atoms with van der Waals surface area (Å²) < 4.78 is 6.98. The van der Waals surface area contributed by atoms with E-state index in [0.29, 0.717) is 21.5 Å². The number of hydrogen-bond acceptors (Lipinski definition) is 5. The number of ether oxygens (including phenoxy) is 1. The summed E-state index contributed by atoms with van der Waals surface area (Å²) in [5.41, 5.74) is 1.53. The van der Waals surface area contributed by atoms with E-state index in [4.69, 9.17) is 16.3 Å². The fourth-order valence-electron chi connectivity index (χ4n) is 2.33. The Hall–Kier alpha value is -2.31. The molecule has 128 valence electrons. The lowest BCUT2D eigenvalue weighted by Gasteiger charge is -2.06. The highest BCUT2D eigenvalue weighted by atomic mass is 35.5. The number of hydrogen-bond donors (Lipinski definition) is 0. The van der Waals surface area contributed by atoms with E-state index in [1.54, 1.807) is 18.2 Å². The molecule has 7 heteroatoms. The fraction of sp³-hybridized carbons (Fsp3) is 0.167. The normalized spacial score (nSPS) is 10.7. The van der Waals surface area contributed by atoms with Crippen molar-refractivity contribution in [2.24, 2.45) is 7.05 Å². The maximum absolute atomic E-state index is 12.4. The molecule has 0 N–H and O–H groups in total. The van der Waals surface area contributed by atoms with Crippen LogP contribution in [-0.2, 0) is 7.05 Å². The highest BCUT2D eigenvalue weighted by molar-refractivity contribution is 7.99. The summed E-state index contributed by atoms with van der Waals surface area (Å²) >= 11 is 7.42. The molecule has 0 saturated heterocycles. The monoisotopic (exact) mass is 373 g/mol. The fourth-order valence-corrected chi connectivity index (χ4v) is 3.40. The van der Waals surface area contributed by atoms with Gasteiger partial charge in [-0.15, -0.1) is 10.2 Å². The third kappa shape index (κ3) is 3.86. The second-order valence-corrected chi connectivity index (χ2v) is 6.64. The molecule has 2 aromatic carbocycles. The lowest BCUT2D eigenvalue weighted by atomic mass is 10.1. The maximum Gasteiger partial charge on any atom is 0.191 e. The molecule has 0 aliphatic rings. The number of benzene rings is 2. The Morgan fingerprint density at radius 2 is 1.96 bits per heavy atom. The summed E-state index contributed by atoms with van der Waals surface area (Å²) in [6.45, 7) is 0. The summed E-state index contributed by atoms with van der Waals surface area (Å²) in [6, 6.07) is 14.8. The number of halogens is 1. The van der Waals surface area contributed by atoms with E-state index in [1.807, 2.05) is 41.9 Å². The smallest absolute Gasteiger partial charge is 0.191 e. The van der Waals surface area contributed by atoms with Crippen molar-refractivity contribution < 1.29 is 9.53 Å². The van der Waals surface area contributed by atoms with Gasteiger partial charge in [-0.05, 0) is 18.2 Å². The second-order valence-electron chi connectivity index (χ2n) is 5.29.